The second-order valence-corrected chi connectivity index (χ2v) is 3.92. The predicted molar refractivity (Wildman–Crippen MR) is 60.9 cm³/mol. The third kappa shape index (κ3) is 2.62. The number of halogens is 1. The molecule has 0 fully saturated rings. The molecule has 0 amide bonds. The summed E-state index contributed by atoms with van der Waals surface area (Å²) in [5, 5.41) is 0. The van der Waals surface area contributed by atoms with Gasteiger partial charge in [0.15, 0.2) is 11.5 Å². The van der Waals surface area contributed by atoms with Crippen LogP contribution in [0.3, 0.4) is 0 Å². The van der Waals surface area contributed by atoms with Gasteiger partial charge >= 0.3 is 0 Å². The van der Waals surface area contributed by atoms with Crippen molar-refractivity contribution in [3.05, 3.63) is 22.2 Å². The minimum absolute atomic E-state index is 0.258. The van der Waals surface area contributed by atoms with Crippen LogP contribution >= 0.6 is 15.9 Å². The van der Waals surface area contributed by atoms with Crippen molar-refractivity contribution in [1.29, 1.82) is 0 Å². The highest BCUT2D eigenvalue weighted by molar-refractivity contribution is 9.10. The van der Waals surface area contributed by atoms with Crippen LogP contribution < -0.4 is 15.4 Å². The zero-order valence-electron chi connectivity index (χ0n) is 8.91. The van der Waals surface area contributed by atoms with Crippen LogP contribution in [-0.2, 0) is 4.84 Å². The van der Waals surface area contributed by atoms with Crippen molar-refractivity contribution in [1.82, 2.24) is 0 Å². The lowest BCUT2D eigenvalue weighted by Crippen LogP contribution is -2.07. The fourth-order valence-electron chi connectivity index (χ4n) is 1.33. The maximum Gasteiger partial charge on any atom is 0.166 e. The first kappa shape index (κ1) is 12.3. The number of hydrogen-bond donors (Lipinski definition) is 1. The summed E-state index contributed by atoms with van der Waals surface area (Å²) in [5.41, 5.74) is 0.839. The molecule has 15 heavy (non-hydrogen) atoms. The van der Waals surface area contributed by atoms with Gasteiger partial charge in [0.25, 0.3) is 0 Å². The zero-order chi connectivity index (χ0) is 11.4. The van der Waals surface area contributed by atoms with Crippen molar-refractivity contribution in [2.45, 2.75) is 13.0 Å². The number of ether oxygens (including phenoxy) is 2. The molecule has 0 bridgehead atoms. The predicted octanol–water partition coefficient (Wildman–Crippen LogP) is 2.42. The molecule has 0 heterocycles. The first-order valence-electron chi connectivity index (χ1n) is 4.41. The van der Waals surface area contributed by atoms with Gasteiger partial charge in [0.2, 0.25) is 0 Å². The van der Waals surface area contributed by atoms with Crippen molar-refractivity contribution in [3.8, 4) is 11.5 Å². The topological polar surface area (TPSA) is 53.7 Å². The Hall–Kier alpha value is -0.780. The summed E-state index contributed by atoms with van der Waals surface area (Å²) >= 11 is 3.38. The fourth-order valence-corrected chi connectivity index (χ4v) is 1.79. The maximum atomic E-state index is 5.26. The van der Waals surface area contributed by atoms with E-state index in [0.717, 1.165) is 10.0 Å². The van der Waals surface area contributed by atoms with E-state index < -0.39 is 0 Å². The molecule has 1 rings (SSSR count). The molecule has 0 aliphatic rings. The highest BCUT2D eigenvalue weighted by Gasteiger charge is 2.16. The first-order chi connectivity index (χ1) is 7.13. The monoisotopic (exact) mass is 275 g/mol. The van der Waals surface area contributed by atoms with Crippen LogP contribution in [-0.4, -0.2) is 14.2 Å². The van der Waals surface area contributed by atoms with Crippen molar-refractivity contribution in [3.63, 3.8) is 0 Å². The van der Waals surface area contributed by atoms with E-state index in [1.54, 1.807) is 14.2 Å². The van der Waals surface area contributed by atoms with Gasteiger partial charge in [-0.1, -0.05) is 15.9 Å². The average molecular weight is 276 g/mol. The van der Waals surface area contributed by atoms with E-state index in [4.69, 9.17) is 20.2 Å². The van der Waals surface area contributed by atoms with Gasteiger partial charge in [-0.2, -0.15) is 0 Å². The summed E-state index contributed by atoms with van der Waals surface area (Å²) in [5.74, 6) is 6.44. The molecule has 1 unspecified atom stereocenters. The zero-order valence-corrected chi connectivity index (χ0v) is 10.5. The minimum atomic E-state index is -0.258. The number of benzene rings is 1. The van der Waals surface area contributed by atoms with Crippen molar-refractivity contribution in [2.75, 3.05) is 14.2 Å². The Kier molecular flexibility index (Phi) is 4.38. The molecular formula is C10H14BrNO3. The van der Waals surface area contributed by atoms with Gasteiger partial charge in [0, 0.05) is 10.0 Å². The van der Waals surface area contributed by atoms with Crippen LogP contribution in [0.5, 0.6) is 11.5 Å². The summed E-state index contributed by atoms with van der Waals surface area (Å²) in [7, 11) is 3.17. The third-order valence-corrected chi connectivity index (χ3v) is 2.57. The minimum Gasteiger partial charge on any atom is -0.493 e. The van der Waals surface area contributed by atoms with Crippen LogP contribution in [0.2, 0.25) is 0 Å². The van der Waals surface area contributed by atoms with Gasteiger partial charge < -0.3 is 9.47 Å². The van der Waals surface area contributed by atoms with E-state index in [1.165, 1.54) is 0 Å². The number of hydrogen-bond acceptors (Lipinski definition) is 4. The Morgan fingerprint density at radius 1 is 1.27 bits per heavy atom. The van der Waals surface area contributed by atoms with Crippen LogP contribution in [0.1, 0.15) is 18.6 Å². The molecule has 84 valence electrons. The molecular weight excluding hydrogens is 262 g/mol. The molecule has 5 heteroatoms. The largest absolute Gasteiger partial charge is 0.493 e. The van der Waals surface area contributed by atoms with E-state index in [-0.39, 0.29) is 6.10 Å². The quantitative estimate of drug-likeness (QED) is 0.858. The smallest absolute Gasteiger partial charge is 0.166 e. The van der Waals surface area contributed by atoms with Gasteiger partial charge in [-0.25, -0.2) is 5.90 Å². The van der Waals surface area contributed by atoms with Crippen molar-refractivity contribution >= 4 is 15.9 Å². The maximum absolute atomic E-state index is 5.26. The Morgan fingerprint density at radius 3 is 2.40 bits per heavy atom. The van der Waals surface area contributed by atoms with Crippen LogP contribution in [0, 0.1) is 0 Å². The van der Waals surface area contributed by atoms with Crippen LogP contribution in [0.25, 0.3) is 0 Å². The van der Waals surface area contributed by atoms with E-state index in [9.17, 15) is 0 Å². The normalized spacial score (nSPS) is 12.3. The lowest BCUT2D eigenvalue weighted by Gasteiger charge is -2.16. The van der Waals surface area contributed by atoms with Crippen LogP contribution in [0.4, 0.5) is 0 Å². The summed E-state index contributed by atoms with van der Waals surface area (Å²) in [6.07, 6.45) is -0.258. The van der Waals surface area contributed by atoms with Gasteiger partial charge in [-0.05, 0) is 19.1 Å². The summed E-state index contributed by atoms with van der Waals surface area (Å²) < 4.78 is 11.4. The molecule has 0 aromatic heterocycles. The number of methoxy groups -OCH3 is 2. The lowest BCUT2D eigenvalue weighted by atomic mass is 10.1. The Morgan fingerprint density at radius 2 is 1.93 bits per heavy atom. The van der Waals surface area contributed by atoms with Crippen molar-refractivity contribution < 1.29 is 14.3 Å². The molecule has 0 radical (unpaired) electrons. The number of nitrogens with two attached hydrogens (primary N) is 1. The third-order valence-electron chi connectivity index (χ3n) is 2.11. The van der Waals surface area contributed by atoms with E-state index >= 15 is 0 Å². The summed E-state index contributed by atoms with van der Waals surface area (Å²) in [6.45, 7) is 1.84. The highest BCUT2D eigenvalue weighted by atomic mass is 79.9. The summed E-state index contributed by atoms with van der Waals surface area (Å²) in [4.78, 5) is 4.78. The number of rotatable bonds is 4. The van der Waals surface area contributed by atoms with Gasteiger partial charge in [-0.3, -0.25) is 4.84 Å². The molecule has 0 spiro atoms. The molecule has 2 N–H and O–H groups in total. The van der Waals surface area contributed by atoms with E-state index in [0.29, 0.717) is 11.5 Å². The molecule has 0 saturated carbocycles. The van der Waals surface area contributed by atoms with Crippen LogP contribution in [0.15, 0.2) is 16.6 Å². The lowest BCUT2D eigenvalue weighted by molar-refractivity contribution is 0.0642. The average Bonchev–Trinajstić information content (AvgIpc) is 2.26. The van der Waals surface area contributed by atoms with Gasteiger partial charge in [0.1, 0.15) is 6.10 Å². The summed E-state index contributed by atoms with van der Waals surface area (Å²) in [6, 6.07) is 3.71. The molecule has 0 aliphatic heterocycles. The molecule has 4 nitrogen and oxygen atoms in total. The van der Waals surface area contributed by atoms with E-state index in [2.05, 4.69) is 15.9 Å². The molecule has 0 saturated heterocycles. The second kappa shape index (κ2) is 5.34. The molecule has 0 aliphatic carbocycles. The fraction of sp³-hybridized carbons (Fsp3) is 0.400. The van der Waals surface area contributed by atoms with Crippen molar-refractivity contribution in [2.24, 2.45) is 5.90 Å². The Bertz CT molecular complexity index is 344. The van der Waals surface area contributed by atoms with Gasteiger partial charge in [0.05, 0.1) is 14.2 Å². The molecule has 1 atom stereocenters. The SMILES string of the molecule is COc1cc(Br)cc(C(C)ON)c1OC. The Balaban J connectivity index is 3.28. The second-order valence-electron chi connectivity index (χ2n) is 3.01. The molecule has 1 aromatic carbocycles. The van der Waals surface area contributed by atoms with E-state index in [1.807, 2.05) is 19.1 Å². The van der Waals surface area contributed by atoms with Gasteiger partial charge in [-0.15, -0.1) is 0 Å². The Labute approximate surface area is 97.4 Å². The molecule has 1 aromatic rings. The highest BCUT2D eigenvalue weighted by Crippen LogP contribution is 2.38. The first-order valence-corrected chi connectivity index (χ1v) is 5.20. The standard InChI is InChI=1S/C10H14BrNO3/c1-6(15-12)8-4-7(11)5-9(13-2)10(8)14-3/h4-6H,12H2,1-3H3.